The number of H-pyrrole nitrogens is 1. The number of ether oxygens (including phenoxy) is 2. The number of nitrogens with one attached hydrogen (secondary N) is 2. The zero-order valence-electron chi connectivity index (χ0n) is 20.2. The van der Waals surface area contributed by atoms with Crippen molar-refractivity contribution in [3.63, 3.8) is 0 Å². The van der Waals surface area contributed by atoms with Crippen LogP contribution in [-0.2, 0) is 20.8 Å². The van der Waals surface area contributed by atoms with Crippen LogP contribution in [0.4, 0.5) is 17.2 Å². The number of anilines is 3. The van der Waals surface area contributed by atoms with Crippen molar-refractivity contribution in [2.24, 2.45) is 0 Å². The third-order valence-electron chi connectivity index (χ3n) is 5.45. The van der Waals surface area contributed by atoms with Crippen molar-refractivity contribution >= 4 is 29.1 Å². The number of aromatic amines is 1. The number of benzene rings is 2. The Morgan fingerprint density at radius 2 is 1.75 bits per heavy atom. The van der Waals surface area contributed by atoms with Crippen LogP contribution >= 0.6 is 0 Å². The van der Waals surface area contributed by atoms with Gasteiger partial charge in [-0.1, -0.05) is 30.3 Å². The van der Waals surface area contributed by atoms with E-state index in [4.69, 9.17) is 10.5 Å². The molecule has 0 spiro atoms. The number of carbonyl (C=O) groups excluding carboxylic acids is 2. The highest BCUT2D eigenvalue weighted by Gasteiger charge is 2.24. The van der Waals surface area contributed by atoms with E-state index in [1.165, 1.54) is 23.7 Å². The van der Waals surface area contributed by atoms with E-state index in [0.29, 0.717) is 24.3 Å². The molecule has 1 heterocycles. The molecule has 3 aromatic rings. The Labute approximate surface area is 207 Å². The first-order valence-electron chi connectivity index (χ1n) is 11.2. The van der Waals surface area contributed by atoms with Gasteiger partial charge in [-0.25, -0.2) is 9.59 Å². The summed E-state index contributed by atoms with van der Waals surface area (Å²) in [4.78, 5) is 53.7. The smallest absolute Gasteiger partial charge is 0.337 e. The molecule has 11 nitrogen and oxygen atoms in total. The molecule has 0 fully saturated rings. The second kappa shape index (κ2) is 12.4. The summed E-state index contributed by atoms with van der Waals surface area (Å²) in [6.45, 7) is 0.460. The average Bonchev–Trinajstić information content (AvgIpc) is 2.89. The van der Waals surface area contributed by atoms with Crippen LogP contribution in [0.5, 0.6) is 0 Å². The molecule has 3 rings (SSSR count). The van der Waals surface area contributed by atoms with Crippen LogP contribution in [0.25, 0.3) is 0 Å². The van der Waals surface area contributed by atoms with Gasteiger partial charge >= 0.3 is 11.7 Å². The van der Waals surface area contributed by atoms with Gasteiger partial charge in [0.25, 0.3) is 5.56 Å². The maximum Gasteiger partial charge on any atom is 0.337 e. The lowest BCUT2D eigenvalue weighted by molar-refractivity contribution is -0.117. The number of aromatic nitrogens is 2. The van der Waals surface area contributed by atoms with Crippen LogP contribution < -0.4 is 27.2 Å². The van der Waals surface area contributed by atoms with Crippen LogP contribution in [0, 0.1) is 0 Å². The Balaban J connectivity index is 1.88. The largest absolute Gasteiger partial charge is 0.465 e. The Morgan fingerprint density at radius 1 is 1.06 bits per heavy atom. The van der Waals surface area contributed by atoms with E-state index >= 15 is 0 Å². The van der Waals surface area contributed by atoms with E-state index in [-0.39, 0.29) is 31.1 Å². The molecule has 0 bridgehead atoms. The summed E-state index contributed by atoms with van der Waals surface area (Å²) in [6, 6.07) is 15.6. The monoisotopic (exact) mass is 495 g/mol. The highest BCUT2D eigenvalue weighted by atomic mass is 16.5. The molecule has 36 heavy (non-hydrogen) atoms. The van der Waals surface area contributed by atoms with E-state index in [0.717, 1.165) is 5.56 Å². The lowest BCUT2D eigenvalue weighted by Gasteiger charge is -2.25. The summed E-state index contributed by atoms with van der Waals surface area (Å²) >= 11 is 0. The fraction of sp³-hybridized carbons (Fsp3) is 0.280. The summed E-state index contributed by atoms with van der Waals surface area (Å²) < 4.78 is 11.0. The van der Waals surface area contributed by atoms with Crippen molar-refractivity contribution in [1.82, 2.24) is 9.55 Å². The molecule has 2 aromatic carbocycles. The molecule has 1 amide bonds. The second-order valence-electron chi connectivity index (χ2n) is 7.88. The first-order valence-corrected chi connectivity index (χ1v) is 11.2. The predicted molar refractivity (Wildman–Crippen MR) is 136 cm³/mol. The summed E-state index contributed by atoms with van der Waals surface area (Å²) in [5.74, 6) is -1.02. The van der Waals surface area contributed by atoms with Gasteiger partial charge in [0.05, 0.1) is 25.8 Å². The van der Waals surface area contributed by atoms with Gasteiger partial charge in [-0.2, -0.15) is 0 Å². The zero-order valence-corrected chi connectivity index (χ0v) is 20.2. The number of hydrogen-bond donors (Lipinski definition) is 3. The summed E-state index contributed by atoms with van der Waals surface area (Å²) in [5.41, 5.74) is 6.53. The minimum atomic E-state index is -0.755. The maximum atomic E-state index is 13.2. The predicted octanol–water partition coefficient (Wildman–Crippen LogP) is 1.44. The molecule has 4 N–H and O–H groups in total. The molecule has 0 aliphatic heterocycles. The Kier molecular flexibility index (Phi) is 9.01. The molecular formula is C25H29N5O6. The zero-order chi connectivity index (χ0) is 26.1. The molecule has 1 aromatic heterocycles. The molecule has 0 unspecified atom stereocenters. The average molecular weight is 496 g/mol. The SMILES string of the molecule is COCCCN(C(=O)CNc1ccc(C(=O)OC)cc1)c1c(N)n(Cc2ccccc2)c(=O)[nH]c1=O. The van der Waals surface area contributed by atoms with E-state index in [2.05, 4.69) is 15.0 Å². The van der Waals surface area contributed by atoms with E-state index in [9.17, 15) is 19.2 Å². The van der Waals surface area contributed by atoms with Gasteiger partial charge in [-0.05, 0) is 36.2 Å². The molecular weight excluding hydrogens is 466 g/mol. The molecule has 11 heteroatoms. The van der Waals surface area contributed by atoms with Gasteiger partial charge in [0, 0.05) is 25.9 Å². The molecule has 0 radical (unpaired) electrons. The molecule has 0 saturated heterocycles. The maximum absolute atomic E-state index is 13.2. The van der Waals surface area contributed by atoms with Crippen molar-refractivity contribution in [2.45, 2.75) is 13.0 Å². The second-order valence-corrected chi connectivity index (χ2v) is 7.88. The van der Waals surface area contributed by atoms with Crippen molar-refractivity contribution < 1.29 is 19.1 Å². The van der Waals surface area contributed by atoms with Gasteiger partial charge < -0.3 is 25.4 Å². The lowest BCUT2D eigenvalue weighted by Crippen LogP contribution is -2.44. The number of carbonyl (C=O) groups is 2. The molecule has 0 saturated carbocycles. The van der Waals surface area contributed by atoms with Crippen LogP contribution in [0.2, 0.25) is 0 Å². The highest BCUT2D eigenvalue weighted by Crippen LogP contribution is 2.19. The third kappa shape index (κ3) is 6.39. The fourth-order valence-corrected chi connectivity index (χ4v) is 3.60. The Hall–Kier alpha value is -4.38. The van der Waals surface area contributed by atoms with Crippen molar-refractivity contribution in [1.29, 1.82) is 0 Å². The number of nitrogen functional groups attached to an aromatic ring is 1. The number of nitrogens with zero attached hydrogens (tertiary/aromatic N) is 2. The first-order chi connectivity index (χ1) is 17.3. The van der Waals surface area contributed by atoms with Crippen molar-refractivity contribution in [2.75, 3.05) is 49.9 Å². The van der Waals surface area contributed by atoms with Gasteiger partial charge in [-0.15, -0.1) is 0 Å². The number of esters is 1. The highest BCUT2D eigenvalue weighted by molar-refractivity contribution is 5.98. The van der Waals surface area contributed by atoms with Crippen LogP contribution in [0.3, 0.4) is 0 Å². The van der Waals surface area contributed by atoms with Crippen molar-refractivity contribution in [3.8, 4) is 0 Å². The molecule has 0 aliphatic rings. The number of methoxy groups -OCH3 is 2. The Bertz CT molecular complexity index is 1300. The topological polar surface area (TPSA) is 149 Å². The van der Waals surface area contributed by atoms with Crippen LogP contribution in [0.15, 0.2) is 64.2 Å². The molecule has 190 valence electrons. The minimum Gasteiger partial charge on any atom is -0.465 e. The van der Waals surface area contributed by atoms with E-state index in [1.807, 2.05) is 30.3 Å². The van der Waals surface area contributed by atoms with Crippen LogP contribution in [0.1, 0.15) is 22.3 Å². The van der Waals surface area contributed by atoms with E-state index in [1.54, 1.807) is 24.3 Å². The summed E-state index contributed by atoms with van der Waals surface area (Å²) in [5, 5.41) is 2.98. The Morgan fingerprint density at radius 3 is 2.39 bits per heavy atom. The van der Waals surface area contributed by atoms with Crippen LogP contribution in [-0.4, -0.2) is 55.3 Å². The third-order valence-corrected chi connectivity index (χ3v) is 5.45. The first kappa shape index (κ1) is 26.2. The van der Waals surface area contributed by atoms with E-state index < -0.39 is 23.1 Å². The van der Waals surface area contributed by atoms with Gasteiger partial charge in [0.1, 0.15) is 5.82 Å². The quantitative estimate of drug-likeness (QED) is 0.267. The standard InChI is InChI=1S/C25H29N5O6/c1-35-14-6-13-29(20(31)15-27-19-11-9-18(10-12-19)24(33)36-2)21-22(26)30(25(34)28-23(21)32)16-17-7-4-3-5-8-17/h3-5,7-12,27H,6,13-16,26H2,1-2H3,(H,28,32,34). The summed E-state index contributed by atoms with van der Waals surface area (Å²) in [6.07, 6.45) is 0.437. The molecule has 0 atom stereocenters. The lowest BCUT2D eigenvalue weighted by atomic mass is 10.2. The van der Waals surface area contributed by atoms with Crippen molar-refractivity contribution in [3.05, 3.63) is 86.6 Å². The normalized spacial score (nSPS) is 10.6. The minimum absolute atomic E-state index is 0.102. The van der Waals surface area contributed by atoms with Gasteiger partial charge in [0.15, 0.2) is 5.69 Å². The number of nitrogens with two attached hydrogens (primary N) is 1. The summed E-state index contributed by atoms with van der Waals surface area (Å²) in [7, 11) is 2.83. The molecule has 0 aliphatic carbocycles. The number of hydrogen-bond acceptors (Lipinski definition) is 8. The van der Waals surface area contributed by atoms with Gasteiger partial charge in [0.2, 0.25) is 5.91 Å². The number of amides is 1. The fourth-order valence-electron chi connectivity index (χ4n) is 3.60. The van der Waals surface area contributed by atoms with Gasteiger partial charge in [-0.3, -0.25) is 19.1 Å². The number of rotatable bonds is 11.